The van der Waals surface area contributed by atoms with Gasteiger partial charge in [0.05, 0.1) is 6.61 Å². The fraction of sp³-hybridized carbons (Fsp3) is 0.364. The first-order chi connectivity index (χ1) is 13.1. The number of carbonyl (C=O) groups excluding carboxylic acids is 1. The number of H-pyrrole nitrogens is 1. The number of aryl methyl sites for hydroxylation is 2. The Labute approximate surface area is 159 Å². The Kier molecular flexibility index (Phi) is 4.84. The van der Waals surface area contributed by atoms with E-state index in [9.17, 15) is 4.79 Å². The smallest absolute Gasteiger partial charge is 0.253 e. The van der Waals surface area contributed by atoms with Gasteiger partial charge in [0.2, 0.25) is 5.88 Å². The summed E-state index contributed by atoms with van der Waals surface area (Å²) in [5, 5.41) is 1.19. The predicted octanol–water partition coefficient (Wildman–Crippen LogP) is 4.11. The maximum absolute atomic E-state index is 12.9. The molecule has 4 rings (SSSR count). The summed E-state index contributed by atoms with van der Waals surface area (Å²) in [6.07, 6.45) is 3.66. The summed E-state index contributed by atoms with van der Waals surface area (Å²) < 4.78 is 5.77. The van der Waals surface area contributed by atoms with E-state index >= 15 is 0 Å². The molecule has 1 fully saturated rings. The van der Waals surface area contributed by atoms with Crippen molar-refractivity contribution < 1.29 is 9.53 Å². The summed E-state index contributed by atoms with van der Waals surface area (Å²) in [7, 11) is 0. The molecule has 5 nitrogen and oxygen atoms in total. The first-order valence-corrected chi connectivity index (χ1v) is 9.54. The topological polar surface area (TPSA) is 58.2 Å². The zero-order valence-corrected chi connectivity index (χ0v) is 15.9. The van der Waals surface area contributed by atoms with Crippen LogP contribution in [0.5, 0.6) is 5.88 Å². The Hall–Kier alpha value is -2.82. The zero-order valence-electron chi connectivity index (χ0n) is 15.9. The minimum absolute atomic E-state index is 0.117. The summed E-state index contributed by atoms with van der Waals surface area (Å²) in [5.74, 6) is 1.25. The Morgan fingerprint density at radius 1 is 1.22 bits per heavy atom. The minimum atomic E-state index is 0.117. The van der Waals surface area contributed by atoms with Gasteiger partial charge in [0, 0.05) is 47.5 Å². The van der Waals surface area contributed by atoms with E-state index in [0.717, 1.165) is 42.7 Å². The molecule has 140 valence electrons. The van der Waals surface area contributed by atoms with Crippen molar-refractivity contribution in [2.24, 2.45) is 5.92 Å². The molecule has 1 amide bonds. The lowest BCUT2D eigenvalue weighted by molar-refractivity contribution is 0.0659. The Morgan fingerprint density at radius 3 is 2.78 bits per heavy atom. The zero-order chi connectivity index (χ0) is 18.8. The van der Waals surface area contributed by atoms with Gasteiger partial charge < -0.3 is 14.6 Å². The third-order valence-electron chi connectivity index (χ3n) is 5.56. The van der Waals surface area contributed by atoms with Crippen LogP contribution in [0.15, 0.2) is 42.6 Å². The molecule has 1 aliphatic rings. The van der Waals surface area contributed by atoms with E-state index < -0.39 is 0 Å². The first-order valence-electron chi connectivity index (χ1n) is 9.54. The van der Waals surface area contributed by atoms with Crippen molar-refractivity contribution in [3.05, 3.63) is 59.4 Å². The number of ether oxygens (including phenoxy) is 1. The normalized spacial score (nSPS) is 15.3. The van der Waals surface area contributed by atoms with Crippen molar-refractivity contribution in [1.29, 1.82) is 0 Å². The van der Waals surface area contributed by atoms with Crippen LogP contribution in [-0.4, -0.2) is 40.5 Å². The highest BCUT2D eigenvalue weighted by atomic mass is 16.5. The van der Waals surface area contributed by atoms with E-state index in [0.29, 0.717) is 18.4 Å². The molecule has 3 aromatic rings. The summed E-state index contributed by atoms with van der Waals surface area (Å²) >= 11 is 0. The number of amides is 1. The molecule has 0 atom stereocenters. The van der Waals surface area contributed by atoms with E-state index in [1.807, 2.05) is 35.2 Å². The third kappa shape index (κ3) is 3.68. The highest BCUT2D eigenvalue weighted by molar-refractivity contribution is 5.98. The highest BCUT2D eigenvalue weighted by Gasteiger charge is 2.24. The number of aromatic amines is 1. The number of hydrogen-bond donors (Lipinski definition) is 1. The van der Waals surface area contributed by atoms with Crippen LogP contribution in [0.2, 0.25) is 0 Å². The second kappa shape index (κ2) is 7.43. The van der Waals surface area contributed by atoms with Crippen LogP contribution in [0.25, 0.3) is 10.9 Å². The lowest BCUT2D eigenvalue weighted by Crippen LogP contribution is -2.39. The molecule has 0 unspecified atom stereocenters. The van der Waals surface area contributed by atoms with E-state index in [1.165, 1.54) is 10.9 Å². The van der Waals surface area contributed by atoms with Crippen molar-refractivity contribution in [3.63, 3.8) is 0 Å². The number of carbonyl (C=O) groups is 1. The predicted molar refractivity (Wildman–Crippen MR) is 106 cm³/mol. The average Bonchev–Trinajstić information content (AvgIpc) is 3.00. The standard InChI is InChI=1S/C22H25N3O2/c1-15-16(2)24-20-13-18(6-7-19(15)20)22(26)25-11-8-17(9-12-25)14-27-21-5-3-4-10-23-21/h3-7,10,13,17,24H,8-9,11-12,14H2,1-2H3. The van der Waals surface area contributed by atoms with Gasteiger partial charge in [-0.25, -0.2) is 4.98 Å². The highest BCUT2D eigenvalue weighted by Crippen LogP contribution is 2.24. The number of likely N-dealkylation sites (tertiary alicyclic amines) is 1. The monoisotopic (exact) mass is 363 g/mol. The third-order valence-corrected chi connectivity index (χ3v) is 5.56. The van der Waals surface area contributed by atoms with Crippen molar-refractivity contribution in [2.75, 3.05) is 19.7 Å². The van der Waals surface area contributed by atoms with Crippen LogP contribution in [0.1, 0.15) is 34.5 Å². The number of nitrogens with zero attached hydrogens (tertiary/aromatic N) is 2. The van der Waals surface area contributed by atoms with Gasteiger partial charge in [0.25, 0.3) is 5.91 Å². The number of piperidine rings is 1. The minimum Gasteiger partial charge on any atom is -0.477 e. The quantitative estimate of drug-likeness (QED) is 0.759. The van der Waals surface area contributed by atoms with Crippen molar-refractivity contribution >= 4 is 16.8 Å². The SMILES string of the molecule is Cc1[nH]c2cc(C(=O)N3CCC(COc4ccccn4)CC3)ccc2c1C. The number of aromatic nitrogens is 2. The van der Waals surface area contributed by atoms with Gasteiger partial charge in [-0.1, -0.05) is 12.1 Å². The first kappa shape index (κ1) is 17.6. The van der Waals surface area contributed by atoms with Crippen molar-refractivity contribution in [2.45, 2.75) is 26.7 Å². The van der Waals surface area contributed by atoms with Gasteiger partial charge >= 0.3 is 0 Å². The molecule has 0 radical (unpaired) electrons. The van der Waals surface area contributed by atoms with Gasteiger partial charge in [-0.15, -0.1) is 0 Å². The van der Waals surface area contributed by atoms with Gasteiger partial charge in [0.1, 0.15) is 0 Å². The van der Waals surface area contributed by atoms with E-state index in [4.69, 9.17) is 4.74 Å². The molecule has 5 heteroatoms. The largest absolute Gasteiger partial charge is 0.477 e. The Bertz CT molecular complexity index is 941. The molecule has 1 saturated heterocycles. The lowest BCUT2D eigenvalue weighted by Gasteiger charge is -2.31. The van der Waals surface area contributed by atoms with Gasteiger partial charge in [0.15, 0.2) is 0 Å². The van der Waals surface area contributed by atoms with E-state index in [-0.39, 0.29) is 5.91 Å². The molecule has 27 heavy (non-hydrogen) atoms. The van der Waals surface area contributed by atoms with Crippen LogP contribution in [-0.2, 0) is 0 Å². The lowest BCUT2D eigenvalue weighted by atomic mass is 9.97. The summed E-state index contributed by atoms with van der Waals surface area (Å²) in [6, 6.07) is 11.7. The summed E-state index contributed by atoms with van der Waals surface area (Å²) in [6.45, 7) is 6.37. The van der Waals surface area contributed by atoms with Crippen LogP contribution in [0.3, 0.4) is 0 Å². The molecular formula is C22H25N3O2. The fourth-order valence-electron chi connectivity index (χ4n) is 3.73. The number of pyridine rings is 1. The van der Waals surface area contributed by atoms with Gasteiger partial charge in [-0.05, 0) is 56.4 Å². The molecule has 0 bridgehead atoms. The second-order valence-electron chi connectivity index (χ2n) is 7.35. The maximum Gasteiger partial charge on any atom is 0.253 e. The Morgan fingerprint density at radius 2 is 2.04 bits per heavy atom. The molecule has 0 aliphatic carbocycles. The number of benzene rings is 1. The van der Waals surface area contributed by atoms with Gasteiger partial charge in [-0.2, -0.15) is 0 Å². The molecule has 0 spiro atoms. The van der Waals surface area contributed by atoms with Crippen LogP contribution >= 0.6 is 0 Å². The van der Waals surface area contributed by atoms with Crippen molar-refractivity contribution in [3.8, 4) is 5.88 Å². The average molecular weight is 363 g/mol. The van der Waals surface area contributed by atoms with Crippen LogP contribution in [0.4, 0.5) is 0 Å². The number of nitrogens with one attached hydrogen (secondary N) is 1. The Balaban J connectivity index is 1.35. The van der Waals surface area contributed by atoms with Crippen molar-refractivity contribution in [1.82, 2.24) is 14.9 Å². The molecule has 1 aliphatic heterocycles. The van der Waals surface area contributed by atoms with Crippen LogP contribution < -0.4 is 4.74 Å². The molecular weight excluding hydrogens is 338 g/mol. The maximum atomic E-state index is 12.9. The summed E-state index contributed by atoms with van der Waals surface area (Å²) in [5.41, 5.74) is 4.20. The summed E-state index contributed by atoms with van der Waals surface area (Å²) in [4.78, 5) is 22.4. The molecule has 1 aromatic carbocycles. The van der Waals surface area contributed by atoms with E-state index in [1.54, 1.807) is 6.20 Å². The number of fused-ring (bicyclic) bond motifs is 1. The van der Waals surface area contributed by atoms with Gasteiger partial charge in [-0.3, -0.25) is 4.79 Å². The molecule has 0 saturated carbocycles. The second-order valence-corrected chi connectivity index (χ2v) is 7.35. The molecule has 1 N–H and O–H groups in total. The number of hydrogen-bond acceptors (Lipinski definition) is 3. The van der Waals surface area contributed by atoms with Crippen LogP contribution in [0, 0.1) is 19.8 Å². The number of rotatable bonds is 4. The molecule has 3 heterocycles. The van der Waals surface area contributed by atoms with E-state index in [2.05, 4.69) is 29.9 Å². The molecule has 2 aromatic heterocycles. The fourth-order valence-corrected chi connectivity index (χ4v) is 3.73.